The number of nitrogens with zero attached hydrogens (tertiary/aromatic N) is 3. The van der Waals surface area contributed by atoms with Gasteiger partial charge in [0.05, 0.1) is 11.0 Å². The quantitative estimate of drug-likeness (QED) is 0.744. The van der Waals surface area contributed by atoms with Gasteiger partial charge in [0.15, 0.2) is 0 Å². The van der Waals surface area contributed by atoms with E-state index in [1.165, 1.54) is 0 Å². The minimum atomic E-state index is 0.0464. The van der Waals surface area contributed by atoms with E-state index >= 15 is 0 Å². The molecular formula is C23H24N4O2. The maximum atomic E-state index is 13.1. The van der Waals surface area contributed by atoms with Crippen molar-refractivity contribution in [2.75, 3.05) is 24.5 Å². The lowest BCUT2D eigenvalue weighted by molar-refractivity contribution is -0.117. The van der Waals surface area contributed by atoms with Gasteiger partial charge in [-0.1, -0.05) is 12.1 Å². The molecule has 2 saturated heterocycles. The van der Waals surface area contributed by atoms with Crippen LogP contribution < -0.4 is 4.90 Å². The normalized spacial score (nSPS) is 19.9. The minimum Gasteiger partial charge on any atom is -0.342 e. The van der Waals surface area contributed by atoms with Crippen molar-refractivity contribution < 1.29 is 9.59 Å². The number of piperidine rings is 1. The van der Waals surface area contributed by atoms with Crippen molar-refractivity contribution in [3.63, 3.8) is 0 Å². The van der Waals surface area contributed by atoms with Gasteiger partial charge in [0.25, 0.3) is 5.91 Å². The Morgan fingerprint density at radius 3 is 2.62 bits per heavy atom. The van der Waals surface area contributed by atoms with Crippen LogP contribution in [0.4, 0.5) is 5.69 Å². The number of carbonyl (C=O) groups is 2. The number of nitrogens with one attached hydrogen (secondary N) is 1. The molecule has 2 amide bonds. The first-order chi connectivity index (χ1) is 14.2. The maximum absolute atomic E-state index is 13.1. The summed E-state index contributed by atoms with van der Waals surface area (Å²) in [6, 6.07) is 15.5. The molecule has 5 rings (SSSR count). The molecule has 0 bridgehead atoms. The molecule has 6 nitrogen and oxygen atoms in total. The fourth-order valence-electron chi connectivity index (χ4n) is 4.44. The molecule has 0 spiro atoms. The Kier molecular flexibility index (Phi) is 4.54. The summed E-state index contributed by atoms with van der Waals surface area (Å²) in [6.07, 6.45) is 3.50. The highest BCUT2D eigenvalue weighted by atomic mass is 16.2. The van der Waals surface area contributed by atoms with Crippen molar-refractivity contribution in [3.05, 3.63) is 59.9 Å². The van der Waals surface area contributed by atoms with Crippen LogP contribution >= 0.6 is 0 Å². The maximum Gasteiger partial charge on any atom is 0.253 e. The van der Waals surface area contributed by atoms with Gasteiger partial charge in [0, 0.05) is 43.2 Å². The fourth-order valence-corrected chi connectivity index (χ4v) is 4.44. The second-order valence-electron chi connectivity index (χ2n) is 7.93. The zero-order chi connectivity index (χ0) is 19.8. The number of hydrogen-bond donors (Lipinski definition) is 1. The van der Waals surface area contributed by atoms with Crippen LogP contribution in [-0.4, -0.2) is 46.3 Å². The summed E-state index contributed by atoms with van der Waals surface area (Å²) in [5.74, 6) is 1.40. The average molecular weight is 388 g/mol. The average Bonchev–Trinajstić information content (AvgIpc) is 3.39. The van der Waals surface area contributed by atoms with Crippen molar-refractivity contribution in [1.82, 2.24) is 14.9 Å². The molecule has 0 unspecified atom stereocenters. The Hall–Kier alpha value is -3.15. The van der Waals surface area contributed by atoms with Crippen molar-refractivity contribution in [2.45, 2.75) is 31.6 Å². The molecule has 0 saturated carbocycles. The number of H-pyrrole nitrogens is 1. The SMILES string of the molecule is O=C(c1ccc(N2CCCC2=O)cc1)N1CCC[C@H](c2nc3ccccc3[nH]2)C1. The molecule has 2 aliphatic rings. The zero-order valence-corrected chi connectivity index (χ0v) is 16.3. The van der Waals surface area contributed by atoms with Crippen LogP contribution in [0.5, 0.6) is 0 Å². The van der Waals surface area contributed by atoms with Crippen LogP contribution in [0.1, 0.15) is 47.8 Å². The van der Waals surface area contributed by atoms with Gasteiger partial charge >= 0.3 is 0 Å². The predicted molar refractivity (Wildman–Crippen MR) is 112 cm³/mol. The van der Waals surface area contributed by atoms with Crippen molar-refractivity contribution in [1.29, 1.82) is 0 Å². The third-order valence-corrected chi connectivity index (χ3v) is 6.00. The highest BCUT2D eigenvalue weighted by Crippen LogP contribution is 2.28. The first-order valence-corrected chi connectivity index (χ1v) is 10.3. The number of hydrogen-bond acceptors (Lipinski definition) is 3. The molecule has 0 radical (unpaired) electrons. The van der Waals surface area contributed by atoms with Gasteiger partial charge in [-0.25, -0.2) is 4.98 Å². The minimum absolute atomic E-state index is 0.0464. The van der Waals surface area contributed by atoms with Crippen molar-refractivity contribution in [2.24, 2.45) is 0 Å². The standard InChI is InChI=1S/C23H24N4O2/c28-21-8-4-14-27(21)18-11-9-16(10-12-18)23(29)26-13-3-5-17(15-26)22-24-19-6-1-2-7-20(19)25-22/h1-2,6-7,9-12,17H,3-5,8,13-15H2,(H,24,25)/t17-/m0/s1. The number of likely N-dealkylation sites (tertiary alicyclic amines) is 1. The first-order valence-electron chi connectivity index (χ1n) is 10.3. The van der Waals surface area contributed by atoms with E-state index in [0.29, 0.717) is 18.5 Å². The smallest absolute Gasteiger partial charge is 0.253 e. The topological polar surface area (TPSA) is 69.3 Å². The second-order valence-corrected chi connectivity index (χ2v) is 7.93. The van der Waals surface area contributed by atoms with E-state index in [2.05, 4.69) is 4.98 Å². The van der Waals surface area contributed by atoms with Crippen LogP contribution in [0.2, 0.25) is 0 Å². The highest BCUT2D eigenvalue weighted by Gasteiger charge is 2.28. The number of benzene rings is 2. The summed E-state index contributed by atoms with van der Waals surface area (Å²) < 4.78 is 0. The molecule has 6 heteroatoms. The van der Waals surface area contributed by atoms with Gasteiger partial charge in [-0.05, 0) is 55.7 Å². The molecule has 2 aromatic carbocycles. The third-order valence-electron chi connectivity index (χ3n) is 6.00. The third kappa shape index (κ3) is 3.39. The van der Waals surface area contributed by atoms with E-state index in [4.69, 9.17) is 4.98 Å². The number of fused-ring (bicyclic) bond motifs is 1. The molecule has 1 atom stereocenters. The van der Waals surface area contributed by atoms with E-state index in [9.17, 15) is 9.59 Å². The Bertz CT molecular complexity index is 1020. The Labute approximate surface area is 169 Å². The van der Waals surface area contributed by atoms with Gasteiger partial charge in [-0.2, -0.15) is 0 Å². The number of amides is 2. The van der Waals surface area contributed by atoms with Gasteiger partial charge in [-0.3, -0.25) is 9.59 Å². The lowest BCUT2D eigenvalue weighted by Gasteiger charge is -2.32. The number of anilines is 1. The summed E-state index contributed by atoms with van der Waals surface area (Å²) in [5.41, 5.74) is 3.56. The van der Waals surface area contributed by atoms with Gasteiger partial charge in [0.2, 0.25) is 5.91 Å². The molecule has 1 aromatic heterocycles. The van der Waals surface area contributed by atoms with Crippen LogP contribution in [0.25, 0.3) is 11.0 Å². The van der Waals surface area contributed by atoms with Crippen LogP contribution in [0.3, 0.4) is 0 Å². The van der Waals surface area contributed by atoms with Crippen molar-refractivity contribution in [3.8, 4) is 0 Å². The summed E-state index contributed by atoms with van der Waals surface area (Å²) in [7, 11) is 0. The summed E-state index contributed by atoms with van der Waals surface area (Å²) in [5, 5.41) is 0. The fraction of sp³-hybridized carbons (Fsp3) is 0.348. The molecule has 148 valence electrons. The van der Waals surface area contributed by atoms with Crippen molar-refractivity contribution >= 4 is 28.5 Å². The molecule has 29 heavy (non-hydrogen) atoms. The molecule has 2 aliphatic heterocycles. The Morgan fingerprint density at radius 1 is 1.03 bits per heavy atom. The summed E-state index contributed by atoms with van der Waals surface area (Å²) in [6.45, 7) is 2.20. The number of rotatable bonds is 3. The van der Waals surface area contributed by atoms with E-state index in [-0.39, 0.29) is 17.7 Å². The number of aromatic nitrogens is 2. The summed E-state index contributed by atoms with van der Waals surface area (Å²) >= 11 is 0. The monoisotopic (exact) mass is 388 g/mol. The molecular weight excluding hydrogens is 364 g/mol. The predicted octanol–water partition coefficient (Wildman–Crippen LogP) is 3.71. The van der Waals surface area contributed by atoms with Crippen LogP contribution in [0, 0.1) is 0 Å². The van der Waals surface area contributed by atoms with Gasteiger partial charge < -0.3 is 14.8 Å². The lowest BCUT2D eigenvalue weighted by Crippen LogP contribution is -2.39. The van der Waals surface area contributed by atoms with Gasteiger partial charge in [-0.15, -0.1) is 0 Å². The van der Waals surface area contributed by atoms with Crippen LogP contribution in [-0.2, 0) is 4.79 Å². The number of carbonyl (C=O) groups excluding carboxylic acids is 2. The van der Waals surface area contributed by atoms with E-state index in [0.717, 1.165) is 54.9 Å². The number of aromatic amines is 1. The van der Waals surface area contributed by atoms with E-state index in [1.54, 1.807) is 4.90 Å². The first kappa shape index (κ1) is 17.9. The molecule has 3 heterocycles. The molecule has 3 aromatic rings. The summed E-state index contributed by atoms with van der Waals surface area (Å²) in [4.78, 5) is 36.9. The molecule has 0 aliphatic carbocycles. The lowest BCUT2D eigenvalue weighted by atomic mass is 9.96. The zero-order valence-electron chi connectivity index (χ0n) is 16.3. The second kappa shape index (κ2) is 7.35. The largest absolute Gasteiger partial charge is 0.342 e. The molecule has 1 N–H and O–H groups in total. The van der Waals surface area contributed by atoms with E-state index < -0.39 is 0 Å². The van der Waals surface area contributed by atoms with Crippen LogP contribution in [0.15, 0.2) is 48.5 Å². The molecule has 2 fully saturated rings. The van der Waals surface area contributed by atoms with Gasteiger partial charge in [0.1, 0.15) is 5.82 Å². The Balaban J connectivity index is 1.31. The number of imidazole rings is 1. The Morgan fingerprint density at radius 2 is 1.86 bits per heavy atom. The highest BCUT2D eigenvalue weighted by molar-refractivity contribution is 5.97. The number of para-hydroxylation sites is 2. The van der Waals surface area contributed by atoms with E-state index in [1.807, 2.05) is 53.4 Å².